The van der Waals surface area contributed by atoms with Gasteiger partial charge in [-0.2, -0.15) is 0 Å². The lowest BCUT2D eigenvalue weighted by Crippen LogP contribution is -2.54. The lowest BCUT2D eigenvalue weighted by molar-refractivity contribution is -0.159. The van der Waals surface area contributed by atoms with Crippen molar-refractivity contribution in [3.63, 3.8) is 0 Å². The third kappa shape index (κ3) is 2.53. The van der Waals surface area contributed by atoms with Crippen molar-refractivity contribution < 1.29 is 9.21 Å². The molecule has 1 saturated heterocycles. The van der Waals surface area contributed by atoms with Crippen LogP contribution in [0.5, 0.6) is 0 Å². The molecule has 0 spiro atoms. The number of hydrogen-bond acceptors (Lipinski definition) is 5. The van der Waals surface area contributed by atoms with Gasteiger partial charge in [-0.15, -0.1) is 10.2 Å². The zero-order valence-corrected chi connectivity index (χ0v) is 16.1. The molecule has 5 fully saturated rings. The van der Waals surface area contributed by atoms with E-state index in [9.17, 15) is 4.79 Å². The van der Waals surface area contributed by atoms with E-state index in [1.165, 1.54) is 19.3 Å². The average molecular weight is 378 g/mol. The van der Waals surface area contributed by atoms with Crippen molar-refractivity contribution in [3.8, 4) is 11.5 Å². The van der Waals surface area contributed by atoms with Gasteiger partial charge in [-0.1, -0.05) is 0 Å². The Labute approximate surface area is 164 Å². The van der Waals surface area contributed by atoms with Crippen LogP contribution in [0.15, 0.2) is 28.9 Å². The van der Waals surface area contributed by atoms with Gasteiger partial charge >= 0.3 is 0 Å². The van der Waals surface area contributed by atoms with Crippen molar-refractivity contribution in [2.24, 2.45) is 23.2 Å². The summed E-state index contributed by atoms with van der Waals surface area (Å²) in [5.41, 5.74) is 0.710. The number of carbonyl (C=O) groups excluding carboxylic acids is 1. The molecule has 2 aromatic rings. The molecule has 4 bridgehead atoms. The molecule has 146 valence electrons. The van der Waals surface area contributed by atoms with Crippen molar-refractivity contribution >= 4 is 5.91 Å². The first-order chi connectivity index (χ1) is 13.7. The van der Waals surface area contributed by atoms with Gasteiger partial charge in [0.15, 0.2) is 0 Å². The van der Waals surface area contributed by atoms with Crippen LogP contribution in [0.1, 0.15) is 63.3 Å². The van der Waals surface area contributed by atoms with Gasteiger partial charge in [0.1, 0.15) is 6.04 Å². The van der Waals surface area contributed by atoms with Gasteiger partial charge in [0, 0.05) is 18.9 Å². The van der Waals surface area contributed by atoms with E-state index in [0.29, 0.717) is 17.7 Å². The largest absolute Gasteiger partial charge is 0.418 e. The molecule has 5 aliphatic rings. The minimum atomic E-state index is -0.108. The van der Waals surface area contributed by atoms with Crippen molar-refractivity contribution in [2.75, 3.05) is 6.54 Å². The van der Waals surface area contributed by atoms with E-state index in [2.05, 4.69) is 20.1 Å². The monoisotopic (exact) mass is 378 g/mol. The van der Waals surface area contributed by atoms with Gasteiger partial charge in [0.2, 0.25) is 17.7 Å². The third-order valence-electron chi connectivity index (χ3n) is 7.64. The molecule has 4 saturated carbocycles. The smallest absolute Gasteiger partial charge is 0.249 e. The number of carbonyl (C=O) groups is 1. The van der Waals surface area contributed by atoms with E-state index in [1.807, 2.05) is 12.1 Å². The normalized spacial score (nSPS) is 36.2. The molecule has 1 unspecified atom stereocenters. The fourth-order valence-electron chi connectivity index (χ4n) is 6.92. The summed E-state index contributed by atoms with van der Waals surface area (Å²) in [6.07, 6.45) is 12.7. The molecule has 0 N–H and O–H groups in total. The highest BCUT2D eigenvalue weighted by Gasteiger charge is 2.56. The topological polar surface area (TPSA) is 72.1 Å². The maximum atomic E-state index is 13.8. The summed E-state index contributed by atoms with van der Waals surface area (Å²) in [6.45, 7) is 0.815. The first-order valence-electron chi connectivity index (χ1n) is 10.7. The Hall–Kier alpha value is -2.24. The Morgan fingerprint density at radius 3 is 2.54 bits per heavy atom. The lowest BCUT2D eigenvalue weighted by Gasteiger charge is -2.56. The molecule has 0 radical (unpaired) electrons. The molecule has 2 aromatic heterocycles. The first kappa shape index (κ1) is 16.7. The Bertz CT molecular complexity index is 858. The maximum absolute atomic E-state index is 13.8. The Morgan fingerprint density at radius 2 is 1.86 bits per heavy atom. The number of pyridine rings is 1. The highest BCUT2D eigenvalue weighted by molar-refractivity contribution is 5.84. The predicted octanol–water partition coefficient (Wildman–Crippen LogP) is 4.01. The Kier molecular flexibility index (Phi) is 3.65. The second-order valence-electron chi connectivity index (χ2n) is 9.54. The van der Waals surface area contributed by atoms with Crippen molar-refractivity contribution in [1.82, 2.24) is 20.1 Å². The summed E-state index contributed by atoms with van der Waals surface area (Å²) in [5.74, 6) is 3.76. The number of hydrogen-bond donors (Lipinski definition) is 0. The number of amides is 1. The van der Waals surface area contributed by atoms with Gasteiger partial charge in [0.25, 0.3) is 0 Å². The fraction of sp³-hybridized carbons (Fsp3) is 0.636. The molecule has 1 aliphatic heterocycles. The summed E-state index contributed by atoms with van der Waals surface area (Å²) in [4.78, 5) is 20.0. The summed E-state index contributed by atoms with van der Waals surface area (Å²) in [5, 5.41) is 8.54. The molecular weight excluding hydrogens is 352 g/mol. The van der Waals surface area contributed by atoms with Gasteiger partial charge in [-0.3, -0.25) is 9.78 Å². The van der Waals surface area contributed by atoms with Crippen LogP contribution in [0.4, 0.5) is 0 Å². The second-order valence-corrected chi connectivity index (χ2v) is 9.54. The predicted molar refractivity (Wildman–Crippen MR) is 102 cm³/mol. The molecule has 28 heavy (non-hydrogen) atoms. The van der Waals surface area contributed by atoms with Crippen molar-refractivity contribution in [2.45, 2.75) is 57.4 Å². The second kappa shape index (κ2) is 6.13. The molecule has 1 amide bonds. The highest BCUT2D eigenvalue weighted by Crippen LogP contribution is 2.61. The van der Waals surface area contributed by atoms with Crippen LogP contribution in [0, 0.1) is 23.2 Å². The lowest BCUT2D eigenvalue weighted by atomic mass is 9.49. The van der Waals surface area contributed by atoms with Crippen LogP contribution < -0.4 is 0 Å². The summed E-state index contributed by atoms with van der Waals surface area (Å²) in [7, 11) is 0. The summed E-state index contributed by atoms with van der Waals surface area (Å²) >= 11 is 0. The summed E-state index contributed by atoms with van der Waals surface area (Å²) in [6, 6.07) is 3.70. The molecule has 3 heterocycles. The Balaban J connectivity index is 1.27. The van der Waals surface area contributed by atoms with Gasteiger partial charge in [0.05, 0.1) is 11.0 Å². The summed E-state index contributed by atoms with van der Waals surface area (Å²) < 4.78 is 6.00. The quantitative estimate of drug-likeness (QED) is 0.807. The third-order valence-corrected chi connectivity index (χ3v) is 7.64. The fourth-order valence-corrected chi connectivity index (χ4v) is 6.92. The zero-order valence-electron chi connectivity index (χ0n) is 16.1. The van der Waals surface area contributed by atoms with E-state index in [0.717, 1.165) is 62.0 Å². The number of likely N-dealkylation sites (tertiary alicyclic amines) is 1. The SMILES string of the molecule is O=C(N1CCCC1c1nnc(-c2cccnc2)o1)C12CC3CC(CC(C3)C1)C2. The molecule has 1 atom stereocenters. The molecule has 4 aliphatic carbocycles. The van der Waals surface area contributed by atoms with Crippen LogP contribution in [0.3, 0.4) is 0 Å². The van der Waals surface area contributed by atoms with E-state index >= 15 is 0 Å². The van der Waals surface area contributed by atoms with Gasteiger partial charge in [-0.25, -0.2) is 0 Å². The zero-order chi connectivity index (χ0) is 18.7. The Morgan fingerprint density at radius 1 is 1.11 bits per heavy atom. The highest BCUT2D eigenvalue weighted by atomic mass is 16.4. The first-order valence-corrected chi connectivity index (χ1v) is 10.7. The number of nitrogens with zero attached hydrogens (tertiary/aromatic N) is 4. The molecule has 7 rings (SSSR count). The molecular formula is C22H26N4O2. The molecule has 0 aromatic carbocycles. The van der Waals surface area contributed by atoms with E-state index in [1.54, 1.807) is 12.4 Å². The minimum Gasteiger partial charge on any atom is -0.418 e. The molecule has 6 nitrogen and oxygen atoms in total. The van der Waals surface area contributed by atoms with E-state index in [-0.39, 0.29) is 11.5 Å². The average Bonchev–Trinajstić information content (AvgIpc) is 3.36. The molecule has 6 heteroatoms. The van der Waals surface area contributed by atoms with Crippen LogP contribution in [0.2, 0.25) is 0 Å². The van der Waals surface area contributed by atoms with Crippen molar-refractivity contribution in [3.05, 3.63) is 30.4 Å². The number of aromatic nitrogens is 3. The van der Waals surface area contributed by atoms with Crippen LogP contribution in [-0.2, 0) is 4.79 Å². The maximum Gasteiger partial charge on any atom is 0.249 e. The van der Waals surface area contributed by atoms with E-state index in [4.69, 9.17) is 4.42 Å². The van der Waals surface area contributed by atoms with Gasteiger partial charge < -0.3 is 9.32 Å². The van der Waals surface area contributed by atoms with Crippen LogP contribution in [-0.4, -0.2) is 32.5 Å². The van der Waals surface area contributed by atoms with Crippen molar-refractivity contribution in [1.29, 1.82) is 0 Å². The standard InChI is InChI=1S/C22H26N4O2/c27-21(22-10-14-7-15(11-22)9-16(8-14)12-22)26-6-2-4-18(26)20-25-24-19(28-20)17-3-1-5-23-13-17/h1,3,5,13-16,18H,2,4,6-12H2. The minimum absolute atomic E-state index is 0.0709. The van der Waals surface area contributed by atoms with Crippen LogP contribution in [0.25, 0.3) is 11.5 Å². The van der Waals surface area contributed by atoms with Gasteiger partial charge in [-0.05, 0) is 81.3 Å². The van der Waals surface area contributed by atoms with Crippen LogP contribution >= 0.6 is 0 Å². The van der Waals surface area contributed by atoms with E-state index < -0.39 is 0 Å². The number of rotatable bonds is 3.